The Morgan fingerprint density at radius 3 is 2.34 bits per heavy atom. The Morgan fingerprint density at radius 2 is 1.71 bits per heavy atom. The van der Waals surface area contributed by atoms with E-state index in [0.717, 1.165) is 16.5 Å². The Kier molecular flexibility index (Phi) is 15.7. The summed E-state index contributed by atoms with van der Waals surface area (Å²) in [5, 5.41) is 1.42. The molecule has 0 saturated carbocycles. The zero-order valence-corrected chi connectivity index (χ0v) is 24.8. The van der Waals surface area contributed by atoms with Crippen molar-refractivity contribution in [1.82, 2.24) is 14.2 Å². The molecule has 0 unspecified atom stereocenters. The first-order valence-corrected chi connectivity index (χ1v) is 12.8. The SMILES string of the molecule is COC(=O)c1ccc(C=C(C)CN(C)CCN(CCN)S(=O)(=O)c2cccc3cnccc23)cc1.Cl.Cl.Cl. The van der Waals surface area contributed by atoms with Crippen molar-refractivity contribution in [3.05, 3.63) is 77.6 Å². The number of methoxy groups -OCH3 is 1. The maximum atomic E-state index is 13.5. The second-order valence-electron chi connectivity index (χ2n) is 8.39. The van der Waals surface area contributed by atoms with Crippen LogP contribution in [0.2, 0.25) is 0 Å². The largest absolute Gasteiger partial charge is 0.465 e. The second kappa shape index (κ2) is 16.7. The molecule has 38 heavy (non-hydrogen) atoms. The Bertz CT molecular complexity index is 1300. The van der Waals surface area contributed by atoms with Gasteiger partial charge in [0.05, 0.1) is 17.6 Å². The predicted molar refractivity (Wildman–Crippen MR) is 160 cm³/mol. The highest BCUT2D eigenvalue weighted by molar-refractivity contribution is 7.89. The molecule has 3 rings (SSSR count). The predicted octanol–water partition coefficient (Wildman–Crippen LogP) is 4.27. The van der Waals surface area contributed by atoms with Crippen LogP contribution in [-0.4, -0.2) is 75.5 Å². The number of hydrogen-bond donors (Lipinski definition) is 1. The third-order valence-corrected chi connectivity index (χ3v) is 7.59. The Hall–Kier alpha value is -2.24. The van der Waals surface area contributed by atoms with Gasteiger partial charge in [0.25, 0.3) is 0 Å². The maximum absolute atomic E-state index is 13.5. The van der Waals surface area contributed by atoms with Crippen molar-refractivity contribution in [2.24, 2.45) is 5.73 Å². The zero-order valence-electron chi connectivity index (χ0n) is 21.6. The highest BCUT2D eigenvalue weighted by atomic mass is 35.5. The molecule has 2 aromatic carbocycles. The van der Waals surface area contributed by atoms with Gasteiger partial charge in [-0.15, -0.1) is 37.2 Å². The smallest absolute Gasteiger partial charge is 0.337 e. The lowest BCUT2D eigenvalue weighted by atomic mass is 10.1. The van der Waals surface area contributed by atoms with E-state index in [2.05, 4.69) is 9.88 Å². The molecule has 210 valence electrons. The van der Waals surface area contributed by atoms with Crippen LogP contribution in [0.15, 0.2) is 71.4 Å². The van der Waals surface area contributed by atoms with Crippen molar-refractivity contribution in [2.45, 2.75) is 11.8 Å². The summed E-state index contributed by atoms with van der Waals surface area (Å²) in [6.45, 7) is 4.00. The summed E-state index contributed by atoms with van der Waals surface area (Å²) in [5.41, 5.74) is 8.34. The summed E-state index contributed by atoms with van der Waals surface area (Å²) in [5.74, 6) is -0.367. The number of rotatable bonds is 11. The summed E-state index contributed by atoms with van der Waals surface area (Å²) in [6.07, 6.45) is 5.30. The molecule has 1 heterocycles. The number of pyridine rings is 1. The summed E-state index contributed by atoms with van der Waals surface area (Å²) in [4.78, 5) is 18.0. The Morgan fingerprint density at radius 1 is 1.03 bits per heavy atom. The second-order valence-corrected chi connectivity index (χ2v) is 10.3. The Balaban J connectivity index is 0.00000456. The standard InChI is InChI=1S/C26H32N4O4S.3ClH/c1-20(17-21-7-9-22(10-8-21)26(31)34-3)19-29(2)15-16-30(14-12-27)35(32,33)25-6-4-5-23-18-28-13-11-24(23)25;;;/h4-11,13,17-18H,12,14-16,19,27H2,1-3H3;3*1H. The third-order valence-electron chi connectivity index (χ3n) is 5.63. The third kappa shape index (κ3) is 9.20. The van der Waals surface area contributed by atoms with E-state index in [1.54, 1.807) is 42.7 Å². The molecule has 12 heteroatoms. The van der Waals surface area contributed by atoms with Gasteiger partial charge in [-0.3, -0.25) is 4.98 Å². The number of nitrogens with two attached hydrogens (primary N) is 1. The highest BCUT2D eigenvalue weighted by Crippen LogP contribution is 2.25. The number of fused-ring (bicyclic) bond motifs is 1. The number of hydrogen-bond acceptors (Lipinski definition) is 7. The summed E-state index contributed by atoms with van der Waals surface area (Å²) in [6, 6.07) is 14.1. The number of nitrogens with zero attached hydrogens (tertiary/aromatic N) is 3. The van der Waals surface area contributed by atoms with Crippen molar-refractivity contribution in [1.29, 1.82) is 0 Å². The van der Waals surface area contributed by atoms with E-state index in [1.165, 1.54) is 11.4 Å². The first kappa shape index (κ1) is 35.8. The molecule has 0 saturated heterocycles. The maximum Gasteiger partial charge on any atom is 0.337 e. The lowest BCUT2D eigenvalue weighted by molar-refractivity contribution is 0.0600. The number of carbonyl (C=O) groups is 1. The van der Waals surface area contributed by atoms with E-state index < -0.39 is 10.0 Å². The fraction of sp³-hybridized carbons (Fsp3) is 0.308. The first-order chi connectivity index (χ1) is 16.8. The van der Waals surface area contributed by atoms with Gasteiger partial charge in [0.15, 0.2) is 0 Å². The molecule has 0 aliphatic rings. The van der Waals surface area contributed by atoms with Gasteiger partial charge in [0.2, 0.25) is 10.0 Å². The zero-order chi connectivity index (χ0) is 25.4. The van der Waals surface area contributed by atoms with Crippen LogP contribution in [0.4, 0.5) is 0 Å². The van der Waals surface area contributed by atoms with Crippen molar-refractivity contribution in [3.63, 3.8) is 0 Å². The molecule has 8 nitrogen and oxygen atoms in total. The minimum Gasteiger partial charge on any atom is -0.465 e. The molecule has 0 aliphatic heterocycles. The molecule has 0 radical (unpaired) electrons. The van der Waals surface area contributed by atoms with Crippen LogP contribution >= 0.6 is 37.2 Å². The topological polar surface area (TPSA) is 106 Å². The monoisotopic (exact) mass is 604 g/mol. The van der Waals surface area contributed by atoms with Crippen LogP contribution in [-0.2, 0) is 14.8 Å². The lowest BCUT2D eigenvalue weighted by Crippen LogP contribution is -2.40. The number of aromatic nitrogens is 1. The molecule has 2 N–H and O–H groups in total. The number of benzene rings is 2. The van der Waals surface area contributed by atoms with Crippen LogP contribution in [0, 0.1) is 0 Å². The van der Waals surface area contributed by atoms with E-state index >= 15 is 0 Å². The average molecular weight is 606 g/mol. The van der Waals surface area contributed by atoms with Crippen molar-refractivity contribution >= 4 is 70.1 Å². The summed E-state index contributed by atoms with van der Waals surface area (Å²) >= 11 is 0. The molecular weight excluding hydrogens is 571 g/mol. The minimum absolute atomic E-state index is 0. The normalized spacial score (nSPS) is 11.5. The molecule has 3 aromatic rings. The highest BCUT2D eigenvalue weighted by Gasteiger charge is 2.25. The van der Waals surface area contributed by atoms with Crippen LogP contribution in [0.1, 0.15) is 22.8 Å². The number of sulfonamides is 1. The summed E-state index contributed by atoms with van der Waals surface area (Å²) in [7, 11) is -0.420. The molecule has 1 aromatic heterocycles. The van der Waals surface area contributed by atoms with E-state index in [9.17, 15) is 13.2 Å². The molecule has 0 spiro atoms. The van der Waals surface area contributed by atoms with Gasteiger partial charge in [-0.2, -0.15) is 4.31 Å². The van der Waals surface area contributed by atoms with Gasteiger partial charge in [-0.05, 0) is 43.8 Å². The van der Waals surface area contributed by atoms with Crippen molar-refractivity contribution in [2.75, 3.05) is 46.9 Å². The van der Waals surface area contributed by atoms with Gasteiger partial charge in [-0.25, -0.2) is 13.2 Å². The van der Waals surface area contributed by atoms with Crippen LogP contribution in [0.25, 0.3) is 16.8 Å². The van der Waals surface area contributed by atoms with Crippen LogP contribution in [0.5, 0.6) is 0 Å². The van der Waals surface area contributed by atoms with Crippen LogP contribution in [0.3, 0.4) is 0 Å². The Labute approximate surface area is 243 Å². The number of esters is 1. The van der Waals surface area contributed by atoms with Crippen LogP contribution < -0.4 is 5.73 Å². The number of halogens is 3. The fourth-order valence-corrected chi connectivity index (χ4v) is 5.56. The van der Waals surface area contributed by atoms with Gasteiger partial charge < -0.3 is 15.4 Å². The molecule has 0 bridgehead atoms. The van der Waals surface area contributed by atoms with Gasteiger partial charge in [-0.1, -0.05) is 35.9 Å². The van der Waals surface area contributed by atoms with E-state index in [1.807, 2.05) is 38.2 Å². The lowest BCUT2D eigenvalue weighted by Gasteiger charge is -2.25. The first-order valence-electron chi connectivity index (χ1n) is 11.3. The number of ether oxygens (including phenoxy) is 1. The van der Waals surface area contributed by atoms with E-state index in [-0.39, 0.29) is 61.2 Å². The van der Waals surface area contributed by atoms with E-state index in [4.69, 9.17) is 10.5 Å². The molecule has 0 aliphatic carbocycles. The van der Waals surface area contributed by atoms with Gasteiger partial charge in [0.1, 0.15) is 0 Å². The van der Waals surface area contributed by atoms with E-state index in [0.29, 0.717) is 30.6 Å². The summed E-state index contributed by atoms with van der Waals surface area (Å²) < 4.78 is 33.2. The molecule has 0 fully saturated rings. The number of likely N-dealkylation sites (N-methyl/N-ethyl adjacent to an activating group) is 1. The van der Waals surface area contributed by atoms with Crippen molar-refractivity contribution < 1.29 is 17.9 Å². The average Bonchev–Trinajstić information content (AvgIpc) is 2.85. The molecule has 0 amide bonds. The molecule has 0 atom stereocenters. The molecular formula is C26H35Cl3N4O4S. The van der Waals surface area contributed by atoms with Crippen molar-refractivity contribution in [3.8, 4) is 0 Å². The fourth-order valence-electron chi connectivity index (χ4n) is 3.90. The van der Waals surface area contributed by atoms with Gasteiger partial charge >= 0.3 is 5.97 Å². The van der Waals surface area contributed by atoms with Gasteiger partial charge in [0, 0.05) is 55.9 Å². The minimum atomic E-state index is -3.73. The number of carbonyl (C=O) groups excluding carboxylic acids is 1. The quantitative estimate of drug-likeness (QED) is 0.325.